The van der Waals surface area contributed by atoms with E-state index in [2.05, 4.69) is 5.32 Å². The lowest BCUT2D eigenvalue weighted by Gasteiger charge is -2.14. The summed E-state index contributed by atoms with van der Waals surface area (Å²) in [6, 6.07) is 5.86. The van der Waals surface area contributed by atoms with Gasteiger partial charge in [0.2, 0.25) is 22.1 Å². The van der Waals surface area contributed by atoms with Crippen LogP contribution in [0.3, 0.4) is 0 Å². The molecule has 0 aliphatic rings. The molecule has 1 rings (SSSR count). The molecule has 1 amide bonds. The molecule has 0 aliphatic carbocycles. The number of nitrogens with zero attached hydrogens (tertiary/aromatic N) is 1. The van der Waals surface area contributed by atoms with Crippen LogP contribution in [0.5, 0.6) is 0 Å². The molecule has 0 heterocycles. The van der Waals surface area contributed by atoms with E-state index in [0.717, 1.165) is 4.31 Å². The number of carboxylic acid groups (broad SMARTS) is 1. The molecular weight excluding hydrogens is 339 g/mol. The number of nitrogens with one attached hydrogen (secondary N) is 1. The van der Waals surface area contributed by atoms with Crippen molar-refractivity contribution in [3.63, 3.8) is 0 Å². The summed E-state index contributed by atoms with van der Waals surface area (Å²) in [6.45, 7) is 1.29. The molecule has 24 heavy (non-hydrogen) atoms. The third kappa shape index (κ3) is 5.27. The average molecular weight is 360 g/mol. The summed E-state index contributed by atoms with van der Waals surface area (Å²) < 4.78 is 38.1. The topological polar surface area (TPSA) is 104 Å². The standard InChI is InChI=1S/C15H21FN2O5S/c1-10(14(16)15(20)21)9-17-13(19)8-11-4-6-12(7-5-11)24(22,23)18(2)3/h4-7,10,14H,8-9H2,1-3H3,(H,17,19)(H,20,21). The fourth-order valence-corrected chi connectivity index (χ4v) is 2.76. The summed E-state index contributed by atoms with van der Waals surface area (Å²) in [5, 5.41) is 11.0. The maximum atomic E-state index is 13.2. The normalized spacial score (nSPS) is 14.2. The van der Waals surface area contributed by atoms with Gasteiger partial charge in [-0.05, 0) is 17.7 Å². The second kappa shape index (κ2) is 8.20. The van der Waals surface area contributed by atoms with Gasteiger partial charge >= 0.3 is 5.97 Å². The van der Waals surface area contributed by atoms with Gasteiger partial charge in [-0.1, -0.05) is 19.1 Å². The molecule has 2 unspecified atom stereocenters. The predicted molar refractivity (Wildman–Crippen MR) is 85.7 cm³/mol. The van der Waals surface area contributed by atoms with E-state index in [-0.39, 0.29) is 17.9 Å². The quantitative estimate of drug-likeness (QED) is 0.709. The minimum atomic E-state index is -3.53. The fourth-order valence-electron chi connectivity index (χ4n) is 1.86. The molecule has 0 radical (unpaired) electrons. The van der Waals surface area contributed by atoms with E-state index < -0.39 is 34.0 Å². The Morgan fingerprint density at radius 1 is 1.25 bits per heavy atom. The van der Waals surface area contributed by atoms with Crippen molar-refractivity contribution in [1.82, 2.24) is 9.62 Å². The predicted octanol–water partition coefficient (Wildman–Crippen LogP) is 0.654. The molecule has 7 nitrogen and oxygen atoms in total. The molecule has 0 bridgehead atoms. The highest BCUT2D eigenvalue weighted by atomic mass is 32.2. The summed E-state index contributed by atoms with van der Waals surface area (Å²) in [7, 11) is -0.678. The first-order chi connectivity index (χ1) is 11.1. The van der Waals surface area contributed by atoms with Crippen LogP contribution in [0.25, 0.3) is 0 Å². The van der Waals surface area contributed by atoms with E-state index in [1.54, 1.807) is 0 Å². The second-order valence-corrected chi connectivity index (χ2v) is 7.78. The molecule has 1 aromatic rings. The number of hydrogen-bond acceptors (Lipinski definition) is 4. The molecule has 0 saturated heterocycles. The fraction of sp³-hybridized carbons (Fsp3) is 0.467. The first kappa shape index (κ1) is 20.0. The molecule has 0 aliphatic heterocycles. The minimum Gasteiger partial charge on any atom is -0.479 e. The number of alkyl halides is 1. The number of halogens is 1. The van der Waals surface area contributed by atoms with E-state index in [9.17, 15) is 22.4 Å². The second-order valence-electron chi connectivity index (χ2n) is 5.63. The maximum Gasteiger partial charge on any atom is 0.338 e. The van der Waals surface area contributed by atoms with Crippen molar-refractivity contribution >= 4 is 21.9 Å². The van der Waals surface area contributed by atoms with Gasteiger partial charge in [0, 0.05) is 26.6 Å². The first-order valence-electron chi connectivity index (χ1n) is 7.20. The number of amides is 1. The third-order valence-electron chi connectivity index (χ3n) is 3.42. The zero-order valence-electron chi connectivity index (χ0n) is 13.7. The summed E-state index contributed by atoms with van der Waals surface area (Å²) in [5.74, 6) is -2.81. The Balaban J connectivity index is 2.61. The number of sulfonamides is 1. The first-order valence-corrected chi connectivity index (χ1v) is 8.64. The molecule has 0 saturated carbocycles. The van der Waals surface area contributed by atoms with E-state index in [4.69, 9.17) is 5.11 Å². The van der Waals surface area contributed by atoms with Gasteiger partial charge in [-0.25, -0.2) is 21.9 Å². The van der Waals surface area contributed by atoms with Crippen molar-refractivity contribution in [2.75, 3.05) is 20.6 Å². The van der Waals surface area contributed by atoms with Crippen LogP contribution in [-0.4, -0.2) is 56.5 Å². The van der Waals surface area contributed by atoms with Crippen LogP contribution in [0.1, 0.15) is 12.5 Å². The van der Waals surface area contributed by atoms with Crippen LogP contribution in [0.15, 0.2) is 29.2 Å². The molecule has 2 N–H and O–H groups in total. The Morgan fingerprint density at radius 2 is 1.79 bits per heavy atom. The van der Waals surface area contributed by atoms with Crippen LogP contribution in [0.4, 0.5) is 4.39 Å². The van der Waals surface area contributed by atoms with Gasteiger partial charge in [-0.3, -0.25) is 4.79 Å². The highest BCUT2D eigenvalue weighted by molar-refractivity contribution is 7.89. The molecule has 0 spiro atoms. The summed E-state index contributed by atoms with van der Waals surface area (Å²) in [5.41, 5.74) is 0.591. The zero-order chi connectivity index (χ0) is 18.5. The van der Waals surface area contributed by atoms with Crippen LogP contribution in [0.2, 0.25) is 0 Å². The lowest BCUT2D eigenvalue weighted by molar-refractivity contribution is -0.144. The van der Waals surface area contributed by atoms with Gasteiger partial charge in [0.25, 0.3) is 0 Å². The molecule has 9 heteroatoms. The van der Waals surface area contributed by atoms with Gasteiger partial charge in [-0.15, -0.1) is 0 Å². The zero-order valence-corrected chi connectivity index (χ0v) is 14.5. The van der Waals surface area contributed by atoms with Crippen molar-refractivity contribution < 1.29 is 27.5 Å². The summed E-state index contributed by atoms with van der Waals surface area (Å²) in [4.78, 5) is 22.4. The van der Waals surface area contributed by atoms with E-state index >= 15 is 0 Å². The van der Waals surface area contributed by atoms with Crippen LogP contribution in [0, 0.1) is 5.92 Å². The Labute approximate surface area is 140 Å². The number of hydrogen-bond donors (Lipinski definition) is 2. The van der Waals surface area contributed by atoms with Gasteiger partial charge in [-0.2, -0.15) is 0 Å². The number of aliphatic carboxylic acids is 1. The summed E-state index contributed by atoms with van der Waals surface area (Å²) >= 11 is 0. The van der Waals surface area contributed by atoms with E-state index in [1.807, 2.05) is 0 Å². The van der Waals surface area contributed by atoms with Crippen molar-refractivity contribution in [2.45, 2.75) is 24.4 Å². The number of carboxylic acids is 1. The van der Waals surface area contributed by atoms with Crippen molar-refractivity contribution in [3.8, 4) is 0 Å². The lowest BCUT2D eigenvalue weighted by Crippen LogP contribution is -2.35. The van der Waals surface area contributed by atoms with Crippen molar-refractivity contribution in [2.24, 2.45) is 5.92 Å². The molecule has 1 aromatic carbocycles. The van der Waals surface area contributed by atoms with E-state index in [1.165, 1.54) is 45.3 Å². The Kier molecular flexibility index (Phi) is 6.85. The minimum absolute atomic E-state index is 0.0148. The monoisotopic (exact) mass is 360 g/mol. The van der Waals surface area contributed by atoms with Gasteiger partial charge in [0.15, 0.2) is 0 Å². The van der Waals surface area contributed by atoms with Crippen LogP contribution >= 0.6 is 0 Å². The van der Waals surface area contributed by atoms with Crippen LogP contribution < -0.4 is 5.32 Å². The highest BCUT2D eigenvalue weighted by Gasteiger charge is 2.24. The molecule has 0 fully saturated rings. The number of carbonyl (C=O) groups is 2. The van der Waals surface area contributed by atoms with Gasteiger partial charge < -0.3 is 10.4 Å². The van der Waals surface area contributed by atoms with Crippen molar-refractivity contribution in [1.29, 1.82) is 0 Å². The maximum absolute atomic E-state index is 13.2. The Bertz CT molecular complexity index is 688. The van der Waals surface area contributed by atoms with Crippen molar-refractivity contribution in [3.05, 3.63) is 29.8 Å². The molecular formula is C15H21FN2O5S. The lowest BCUT2D eigenvalue weighted by atomic mass is 10.1. The number of rotatable bonds is 8. The van der Waals surface area contributed by atoms with Gasteiger partial charge in [0.05, 0.1) is 11.3 Å². The average Bonchev–Trinajstić information content (AvgIpc) is 2.52. The van der Waals surface area contributed by atoms with E-state index in [0.29, 0.717) is 5.56 Å². The Morgan fingerprint density at radius 3 is 2.25 bits per heavy atom. The summed E-state index contributed by atoms with van der Waals surface area (Å²) in [6.07, 6.45) is -2.06. The highest BCUT2D eigenvalue weighted by Crippen LogP contribution is 2.14. The molecule has 2 atom stereocenters. The molecule has 0 aromatic heterocycles. The SMILES string of the molecule is CC(CNC(=O)Cc1ccc(S(=O)(=O)N(C)C)cc1)C(F)C(=O)O. The largest absolute Gasteiger partial charge is 0.479 e. The molecule has 134 valence electrons. The van der Waals surface area contributed by atoms with Gasteiger partial charge in [0.1, 0.15) is 0 Å². The third-order valence-corrected chi connectivity index (χ3v) is 5.25. The number of benzene rings is 1. The smallest absolute Gasteiger partial charge is 0.338 e. The Hall–Kier alpha value is -2.00. The van der Waals surface area contributed by atoms with Crippen LogP contribution in [-0.2, 0) is 26.0 Å². The number of carbonyl (C=O) groups excluding carboxylic acids is 1.